The topological polar surface area (TPSA) is 58.6 Å². The summed E-state index contributed by atoms with van der Waals surface area (Å²) >= 11 is 5.94. The van der Waals surface area contributed by atoms with E-state index >= 15 is 0 Å². The molecule has 0 spiro atoms. The number of benzene rings is 1. The Labute approximate surface area is 138 Å². The minimum absolute atomic E-state index is 0.264. The van der Waals surface area contributed by atoms with Crippen molar-refractivity contribution in [1.82, 2.24) is 4.90 Å². The van der Waals surface area contributed by atoms with E-state index in [0.29, 0.717) is 35.3 Å². The summed E-state index contributed by atoms with van der Waals surface area (Å²) in [6.07, 6.45) is 3.16. The van der Waals surface area contributed by atoms with Gasteiger partial charge in [0.2, 0.25) is 0 Å². The van der Waals surface area contributed by atoms with E-state index in [0.717, 1.165) is 0 Å². The molecule has 0 aliphatic heterocycles. The van der Waals surface area contributed by atoms with E-state index in [-0.39, 0.29) is 6.03 Å². The molecule has 2 heterocycles. The number of anilines is 1. The lowest BCUT2D eigenvalue weighted by Gasteiger charge is -2.21. The van der Waals surface area contributed by atoms with Gasteiger partial charge in [-0.25, -0.2) is 4.79 Å². The lowest BCUT2D eigenvalue weighted by molar-refractivity contribution is 0.195. The molecule has 0 bridgehead atoms. The van der Waals surface area contributed by atoms with Gasteiger partial charge in [-0.1, -0.05) is 17.7 Å². The van der Waals surface area contributed by atoms with Gasteiger partial charge in [0.15, 0.2) is 0 Å². The second-order valence-corrected chi connectivity index (χ2v) is 5.39. The summed E-state index contributed by atoms with van der Waals surface area (Å²) in [7, 11) is 0. The van der Waals surface area contributed by atoms with Crippen molar-refractivity contribution in [2.24, 2.45) is 0 Å². The van der Waals surface area contributed by atoms with Crippen molar-refractivity contribution in [3.8, 4) is 0 Å². The van der Waals surface area contributed by atoms with E-state index < -0.39 is 0 Å². The van der Waals surface area contributed by atoms with Crippen molar-refractivity contribution in [1.29, 1.82) is 0 Å². The van der Waals surface area contributed by atoms with Crippen LogP contribution in [0, 0.1) is 0 Å². The smallest absolute Gasteiger partial charge is 0.322 e. The summed E-state index contributed by atoms with van der Waals surface area (Å²) in [5, 5.41) is 3.39. The van der Waals surface area contributed by atoms with Gasteiger partial charge >= 0.3 is 6.03 Å². The highest BCUT2D eigenvalue weighted by Gasteiger charge is 2.17. The maximum Gasteiger partial charge on any atom is 0.322 e. The molecule has 0 aliphatic carbocycles. The van der Waals surface area contributed by atoms with Gasteiger partial charge in [-0.05, 0) is 42.5 Å². The largest absolute Gasteiger partial charge is 0.467 e. The van der Waals surface area contributed by atoms with E-state index in [2.05, 4.69) is 5.32 Å². The summed E-state index contributed by atoms with van der Waals surface area (Å²) in [6.45, 7) is 0.667. The van der Waals surface area contributed by atoms with Crippen LogP contribution in [0.1, 0.15) is 11.5 Å². The zero-order valence-corrected chi connectivity index (χ0v) is 13.0. The van der Waals surface area contributed by atoms with Crippen LogP contribution < -0.4 is 5.32 Å². The molecule has 118 valence electrons. The molecule has 0 unspecified atom stereocenters. The third-order valence-electron chi connectivity index (χ3n) is 3.22. The van der Waals surface area contributed by atoms with E-state index in [1.807, 2.05) is 12.1 Å². The minimum Gasteiger partial charge on any atom is -0.467 e. The van der Waals surface area contributed by atoms with Gasteiger partial charge in [0.25, 0.3) is 0 Å². The molecule has 3 aromatic rings. The first-order valence-corrected chi connectivity index (χ1v) is 7.45. The van der Waals surface area contributed by atoms with Crippen molar-refractivity contribution in [2.45, 2.75) is 13.1 Å². The number of carbonyl (C=O) groups excluding carboxylic acids is 1. The first-order valence-electron chi connectivity index (χ1n) is 7.07. The Hall–Kier alpha value is -2.66. The summed E-state index contributed by atoms with van der Waals surface area (Å²) in [5.74, 6) is 1.38. The van der Waals surface area contributed by atoms with Crippen LogP contribution in [0.25, 0.3) is 0 Å². The zero-order chi connectivity index (χ0) is 16.1. The average Bonchev–Trinajstić information content (AvgIpc) is 3.20. The van der Waals surface area contributed by atoms with Crippen LogP contribution in [0.5, 0.6) is 0 Å². The van der Waals surface area contributed by atoms with Crippen molar-refractivity contribution in [3.05, 3.63) is 77.6 Å². The van der Waals surface area contributed by atoms with Gasteiger partial charge in [0.1, 0.15) is 11.5 Å². The summed E-state index contributed by atoms with van der Waals surface area (Å²) in [4.78, 5) is 14.2. The number of amides is 2. The predicted molar refractivity (Wildman–Crippen MR) is 87.1 cm³/mol. The molecule has 0 saturated carbocycles. The van der Waals surface area contributed by atoms with E-state index in [1.54, 1.807) is 53.8 Å². The quantitative estimate of drug-likeness (QED) is 0.733. The van der Waals surface area contributed by atoms with Gasteiger partial charge in [0.05, 0.1) is 25.6 Å². The zero-order valence-electron chi connectivity index (χ0n) is 12.2. The van der Waals surface area contributed by atoms with E-state index in [4.69, 9.17) is 20.4 Å². The Kier molecular flexibility index (Phi) is 4.68. The number of hydrogen-bond donors (Lipinski definition) is 1. The van der Waals surface area contributed by atoms with Gasteiger partial charge in [0, 0.05) is 10.7 Å². The van der Waals surface area contributed by atoms with Gasteiger partial charge in [-0.2, -0.15) is 0 Å². The van der Waals surface area contributed by atoms with Gasteiger partial charge in [-0.3, -0.25) is 0 Å². The number of nitrogens with one attached hydrogen (secondary N) is 1. The number of rotatable bonds is 5. The van der Waals surface area contributed by atoms with Crippen LogP contribution >= 0.6 is 11.6 Å². The molecule has 1 N–H and O–H groups in total. The summed E-state index contributed by atoms with van der Waals surface area (Å²) < 4.78 is 10.7. The fraction of sp³-hybridized carbons (Fsp3) is 0.118. The molecule has 2 amide bonds. The Bertz CT molecular complexity index is 718. The predicted octanol–water partition coefficient (Wildman–Crippen LogP) is 4.76. The Morgan fingerprint density at radius 1 is 1.00 bits per heavy atom. The second-order valence-electron chi connectivity index (χ2n) is 4.96. The van der Waals surface area contributed by atoms with Crippen molar-refractivity contribution in [3.63, 3.8) is 0 Å². The number of nitrogens with zero attached hydrogens (tertiary/aromatic N) is 1. The minimum atomic E-state index is -0.264. The lowest BCUT2D eigenvalue weighted by atomic mass is 10.3. The maximum atomic E-state index is 12.6. The molecule has 1 aromatic carbocycles. The van der Waals surface area contributed by atoms with Crippen LogP contribution in [-0.2, 0) is 13.1 Å². The molecule has 2 aromatic heterocycles. The Morgan fingerprint density at radius 3 is 2.17 bits per heavy atom. The SMILES string of the molecule is O=C(Nc1cccc(Cl)c1)N(Cc1ccco1)Cc1ccco1. The molecule has 0 saturated heterocycles. The molecule has 6 heteroatoms. The van der Waals surface area contributed by atoms with Crippen LogP contribution in [0.2, 0.25) is 5.02 Å². The van der Waals surface area contributed by atoms with Crippen LogP contribution in [0.3, 0.4) is 0 Å². The standard InChI is InChI=1S/C17H15ClN2O3/c18-13-4-1-5-14(10-13)19-17(21)20(11-15-6-2-8-22-15)12-16-7-3-9-23-16/h1-10H,11-12H2,(H,19,21). The van der Waals surface area contributed by atoms with Crippen molar-refractivity contribution in [2.75, 3.05) is 5.32 Å². The molecule has 3 rings (SSSR count). The molecule has 0 radical (unpaired) electrons. The van der Waals surface area contributed by atoms with Gasteiger partial charge < -0.3 is 19.1 Å². The van der Waals surface area contributed by atoms with Crippen LogP contribution in [0.15, 0.2) is 69.9 Å². The molecular formula is C17H15ClN2O3. The molecule has 0 fully saturated rings. The first-order chi connectivity index (χ1) is 11.2. The number of carbonyl (C=O) groups is 1. The lowest BCUT2D eigenvalue weighted by Crippen LogP contribution is -2.33. The maximum absolute atomic E-state index is 12.6. The highest BCUT2D eigenvalue weighted by molar-refractivity contribution is 6.30. The van der Waals surface area contributed by atoms with Crippen molar-refractivity contribution >= 4 is 23.3 Å². The Balaban J connectivity index is 1.74. The summed E-state index contributed by atoms with van der Waals surface area (Å²) in [5.41, 5.74) is 0.631. The second kappa shape index (κ2) is 7.07. The van der Waals surface area contributed by atoms with E-state index in [1.165, 1.54) is 0 Å². The number of hydrogen-bond acceptors (Lipinski definition) is 3. The molecule has 23 heavy (non-hydrogen) atoms. The van der Waals surface area contributed by atoms with Crippen LogP contribution in [-0.4, -0.2) is 10.9 Å². The monoisotopic (exact) mass is 330 g/mol. The third kappa shape index (κ3) is 4.17. The first kappa shape index (κ1) is 15.2. The number of furan rings is 2. The van der Waals surface area contributed by atoms with Crippen molar-refractivity contribution < 1.29 is 13.6 Å². The average molecular weight is 331 g/mol. The van der Waals surface area contributed by atoms with E-state index in [9.17, 15) is 4.79 Å². The van der Waals surface area contributed by atoms with Gasteiger partial charge in [-0.15, -0.1) is 0 Å². The molecule has 0 aliphatic rings. The number of urea groups is 1. The highest BCUT2D eigenvalue weighted by Crippen LogP contribution is 2.17. The molecule has 5 nitrogen and oxygen atoms in total. The van der Waals surface area contributed by atoms with Crippen LogP contribution in [0.4, 0.5) is 10.5 Å². The summed E-state index contributed by atoms with van der Waals surface area (Å²) in [6, 6.07) is 14.0. The fourth-order valence-corrected chi connectivity index (χ4v) is 2.34. The molecule has 0 atom stereocenters. The third-order valence-corrected chi connectivity index (χ3v) is 3.45. The molecular weight excluding hydrogens is 316 g/mol. The number of halogens is 1. The fourth-order valence-electron chi connectivity index (χ4n) is 2.15. The Morgan fingerprint density at radius 2 is 1.65 bits per heavy atom. The normalized spacial score (nSPS) is 10.5. The highest BCUT2D eigenvalue weighted by atomic mass is 35.5.